The Labute approximate surface area is 124 Å². The third-order valence-corrected chi connectivity index (χ3v) is 2.96. The molecule has 1 unspecified atom stereocenters. The monoisotopic (exact) mass is 289 g/mol. The predicted molar refractivity (Wildman–Crippen MR) is 82.1 cm³/mol. The topological polar surface area (TPSA) is 41.5 Å². The van der Waals surface area contributed by atoms with E-state index >= 15 is 0 Å². The van der Waals surface area contributed by atoms with Crippen LogP contribution in [-0.2, 0) is 0 Å². The number of aliphatic hydroxyl groups is 1. The summed E-state index contributed by atoms with van der Waals surface area (Å²) in [6, 6.07) is 13.5. The van der Waals surface area contributed by atoms with Gasteiger partial charge in [0, 0.05) is 12.2 Å². The molecule has 0 aliphatic heterocycles. The van der Waals surface area contributed by atoms with E-state index < -0.39 is 6.10 Å². The molecule has 2 aromatic carbocycles. The largest absolute Gasteiger partial charge is 0.491 e. The highest BCUT2D eigenvalue weighted by Crippen LogP contribution is 2.19. The molecule has 0 heterocycles. The van der Waals surface area contributed by atoms with Gasteiger partial charge in [-0.15, -0.1) is 0 Å². The van der Waals surface area contributed by atoms with E-state index in [9.17, 15) is 9.50 Å². The molecule has 0 radical (unpaired) electrons. The summed E-state index contributed by atoms with van der Waals surface area (Å²) in [7, 11) is 0. The minimum Gasteiger partial charge on any atom is -0.491 e. The number of aliphatic hydroxyl groups excluding tert-OH is 1. The SMILES string of the molecule is CC(C)Oc1ccc(NCC(O)c2cccc(F)c2)cc1. The smallest absolute Gasteiger partial charge is 0.123 e. The van der Waals surface area contributed by atoms with Crippen LogP contribution in [-0.4, -0.2) is 17.8 Å². The zero-order chi connectivity index (χ0) is 15.2. The van der Waals surface area contributed by atoms with Gasteiger partial charge in [-0.2, -0.15) is 0 Å². The van der Waals surface area contributed by atoms with Gasteiger partial charge in [-0.05, 0) is 55.8 Å². The molecule has 2 aromatic rings. The van der Waals surface area contributed by atoms with E-state index in [4.69, 9.17) is 4.74 Å². The minimum atomic E-state index is -0.757. The van der Waals surface area contributed by atoms with E-state index in [2.05, 4.69) is 5.32 Å². The molecule has 0 aliphatic rings. The van der Waals surface area contributed by atoms with Gasteiger partial charge in [0.25, 0.3) is 0 Å². The fourth-order valence-electron chi connectivity index (χ4n) is 1.97. The van der Waals surface area contributed by atoms with Crippen molar-refractivity contribution in [3.8, 4) is 5.75 Å². The molecule has 2 N–H and O–H groups in total. The highest BCUT2D eigenvalue weighted by molar-refractivity contribution is 5.46. The number of ether oxygens (including phenoxy) is 1. The predicted octanol–water partition coefficient (Wildman–Crippen LogP) is 3.76. The van der Waals surface area contributed by atoms with Gasteiger partial charge < -0.3 is 15.2 Å². The van der Waals surface area contributed by atoms with Crippen LogP contribution in [0.4, 0.5) is 10.1 Å². The van der Waals surface area contributed by atoms with Crippen molar-refractivity contribution in [2.45, 2.75) is 26.1 Å². The lowest BCUT2D eigenvalue weighted by Gasteiger charge is -2.14. The molecule has 4 heteroatoms. The second kappa shape index (κ2) is 7.09. The third-order valence-electron chi connectivity index (χ3n) is 2.96. The number of rotatable bonds is 6. The molecule has 3 nitrogen and oxygen atoms in total. The first-order chi connectivity index (χ1) is 10.0. The molecule has 2 rings (SSSR count). The summed E-state index contributed by atoms with van der Waals surface area (Å²) in [4.78, 5) is 0. The summed E-state index contributed by atoms with van der Waals surface area (Å²) in [6.07, 6.45) is -0.620. The Morgan fingerprint density at radius 1 is 1.14 bits per heavy atom. The highest BCUT2D eigenvalue weighted by Gasteiger charge is 2.08. The highest BCUT2D eigenvalue weighted by atomic mass is 19.1. The maximum Gasteiger partial charge on any atom is 0.123 e. The number of nitrogens with one attached hydrogen (secondary N) is 1. The van der Waals surface area contributed by atoms with Gasteiger partial charge in [-0.25, -0.2) is 4.39 Å². The van der Waals surface area contributed by atoms with E-state index in [1.54, 1.807) is 12.1 Å². The van der Waals surface area contributed by atoms with Crippen LogP contribution in [0, 0.1) is 5.82 Å². The van der Waals surface area contributed by atoms with Crippen molar-refractivity contribution in [2.24, 2.45) is 0 Å². The summed E-state index contributed by atoms with van der Waals surface area (Å²) < 4.78 is 18.7. The Morgan fingerprint density at radius 3 is 2.48 bits per heavy atom. The van der Waals surface area contributed by atoms with Gasteiger partial charge in [0.15, 0.2) is 0 Å². The second-order valence-electron chi connectivity index (χ2n) is 5.14. The second-order valence-corrected chi connectivity index (χ2v) is 5.14. The fourth-order valence-corrected chi connectivity index (χ4v) is 1.97. The maximum atomic E-state index is 13.1. The number of benzene rings is 2. The van der Waals surface area contributed by atoms with Crippen molar-refractivity contribution < 1.29 is 14.2 Å². The molecule has 0 spiro atoms. The minimum absolute atomic E-state index is 0.138. The van der Waals surface area contributed by atoms with E-state index in [0.29, 0.717) is 12.1 Å². The Morgan fingerprint density at radius 2 is 1.86 bits per heavy atom. The molecular formula is C17H20FNO2. The van der Waals surface area contributed by atoms with Gasteiger partial charge >= 0.3 is 0 Å². The number of hydrogen-bond acceptors (Lipinski definition) is 3. The number of hydrogen-bond donors (Lipinski definition) is 2. The average molecular weight is 289 g/mol. The summed E-state index contributed by atoms with van der Waals surface area (Å²) in [6.45, 7) is 4.26. The van der Waals surface area contributed by atoms with Crippen molar-refractivity contribution in [1.82, 2.24) is 0 Å². The molecule has 0 saturated carbocycles. The first-order valence-electron chi connectivity index (χ1n) is 6.98. The molecule has 0 amide bonds. The van der Waals surface area contributed by atoms with Crippen molar-refractivity contribution >= 4 is 5.69 Å². The molecular weight excluding hydrogens is 269 g/mol. The zero-order valence-corrected chi connectivity index (χ0v) is 12.2. The number of halogens is 1. The lowest BCUT2D eigenvalue weighted by molar-refractivity contribution is 0.191. The third kappa shape index (κ3) is 4.76. The zero-order valence-electron chi connectivity index (χ0n) is 12.2. The van der Waals surface area contributed by atoms with Gasteiger partial charge in [-0.3, -0.25) is 0 Å². The van der Waals surface area contributed by atoms with Crippen LogP contribution < -0.4 is 10.1 Å². The summed E-state index contributed by atoms with van der Waals surface area (Å²) in [5, 5.41) is 13.1. The van der Waals surface area contributed by atoms with Crippen LogP contribution in [0.1, 0.15) is 25.5 Å². The van der Waals surface area contributed by atoms with E-state index in [0.717, 1.165) is 11.4 Å². The van der Waals surface area contributed by atoms with Crippen molar-refractivity contribution in [1.29, 1.82) is 0 Å². The quantitative estimate of drug-likeness (QED) is 0.851. The van der Waals surface area contributed by atoms with E-state index in [1.165, 1.54) is 12.1 Å². The Balaban J connectivity index is 1.90. The van der Waals surface area contributed by atoms with E-state index in [-0.39, 0.29) is 11.9 Å². The van der Waals surface area contributed by atoms with E-state index in [1.807, 2.05) is 38.1 Å². The lowest BCUT2D eigenvalue weighted by atomic mass is 10.1. The summed E-state index contributed by atoms with van der Waals surface area (Å²) in [5.74, 6) is 0.461. The Kier molecular flexibility index (Phi) is 5.17. The van der Waals surface area contributed by atoms with Crippen molar-refractivity contribution in [3.63, 3.8) is 0 Å². The van der Waals surface area contributed by atoms with Crippen LogP contribution in [0.5, 0.6) is 5.75 Å². The van der Waals surface area contributed by atoms with Crippen LogP contribution >= 0.6 is 0 Å². The molecule has 1 atom stereocenters. The van der Waals surface area contributed by atoms with Gasteiger partial charge in [0.1, 0.15) is 11.6 Å². The fraction of sp³-hybridized carbons (Fsp3) is 0.294. The first kappa shape index (κ1) is 15.3. The van der Waals surface area contributed by atoms with Gasteiger partial charge in [0.05, 0.1) is 12.2 Å². The van der Waals surface area contributed by atoms with Crippen LogP contribution in [0.15, 0.2) is 48.5 Å². The molecule has 0 aromatic heterocycles. The van der Waals surface area contributed by atoms with Crippen LogP contribution in [0.2, 0.25) is 0 Å². The molecule has 0 saturated heterocycles. The van der Waals surface area contributed by atoms with Gasteiger partial charge in [-0.1, -0.05) is 12.1 Å². The molecule has 112 valence electrons. The normalized spacial score (nSPS) is 12.2. The summed E-state index contributed by atoms with van der Waals surface area (Å²) >= 11 is 0. The standard InChI is InChI=1S/C17H20FNO2/c1-12(2)21-16-8-6-15(7-9-16)19-11-17(20)13-4-3-5-14(18)10-13/h3-10,12,17,19-20H,11H2,1-2H3. The van der Waals surface area contributed by atoms with Crippen LogP contribution in [0.3, 0.4) is 0 Å². The lowest BCUT2D eigenvalue weighted by Crippen LogP contribution is -2.12. The van der Waals surface area contributed by atoms with Crippen molar-refractivity contribution in [3.05, 3.63) is 59.9 Å². The Hall–Kier alpha value is -2.07. The maximum absolute atomic E-state index is 13.1. The molecule has 21 heavy (non-hydrogen) atoms. The first-order valence-corrected chi connectivity index (χ1v) is 6.98. The van der Waals surface area contributed by atoms with Crippen molar-refractivity contribution in [2.75, 3.05) is 11.9 Å². The molecule has 0 fully saturated rings. The Bertz CT molecular complexity index is 569. The number of anilines is 1. The van der Waals surface area contributed by atoms with Crippen LogP contribution in [0.25, 0.3) is 0 Å². The van der Waals surface area contributed by atoms with Gasteiger partial charge in [0.2, 0.25) is 0 Å². The molecule has 0 aliphatic carbocycles. The molecule has 0 bridgehead atoms. The summed E-state index contributed by atoms with van der Waals surface area (Å²) in [5.41, 5.74) is 1.43. The average Bonchev–Trinajstić information content (AvgIpc) is 2.45.